The Hall–Kier alpha value is -2.48. The lowest BCUT2D eigenvalue weighted by atomic mass is 9.94. The normalized spacial score (nSPS) is 16.7. The van der Waals surface area contributed by atoms with Gasteiger partial charge in [-0.05, 0) is 31.0 Å². The number of carbonyl (C=O) groups is 1. The van der Waals surface area contributed by atoms with Gasteiger partial charge in [0.2, 0.25) is 0 Å². The molecule has 0 fully saturated rings. The molecule has 0 spiro atoms. The third-order valence-electron chi connectivity index (χ3n) is 4.01. The number of ether oxygens (including phenoxy) is 1. The first-order valence-corrected chi connectivity index (χ1v) is 9.44. The van der Waals surface area contributed by atoms with Crippen molar-refractivity contribution in [2.45, 2.75) is 32.7 Å². The maximum absolute atomic E-state index is 13.6. The molecular formula is C19H19BrFN3O3. The number of aliphatic imine (C=N–C) groups is 1. The molecule has 2 aromatic rings. The van der Waals surface area contributed by atoms with Gasteiger partial charge in [0, 0.05) is 10.2 Å². The van der Waals surface area contributed by atoms with E-state index in [0.717, 1.165) is 6.42 Å². The summed E-state index contributed by atoms with van der Waals surface area (Å²) < 4.78 is 24.7. The molecule has 1 aliphatic heterocycles. The van der Waals surface area contributed by atoms with Crippen LogP contribution in [0.15, 0.2) is 55.8 Å². The molecule has 0 amide bonds. The third kappa shape index (κ3) is 4.10. The largest absolute Gasteiger partial charge is 0.463 e. The highest BCUT2D eigenvalue weighted by molar-refractivity contribution is 9.10. The van der Waals surface area contributed by atoms with E-state index in [0.29, 0.717) is 39.5 Å². The molecule has 1 atom stereocenters. The smallest absolute Gasteiger partial charge is 0.338 e. The SMILES string of the molecule is CCCC1=C(C(=O)OCC)C(c2ccc(F)cc2Br)N=C(c2ncco2)N1. The van der Waals surface area contributed by atoms with Crippen molar-refractivity contribution in [3.05, 3.63) is 63.7 Å². The number of halogens is 2. The van der Waals surface area contributed by atoms with E-state index < -0.39 is 12.0 Å². The number of carbonyl (C=O) groups excluding carboxylic acids is 1. The van der Waals surface area contributed by atoms with Gasteiger partial charge in [0.25, 0.3) is 5.89 Å². The highest BCUT2D eigenvalue weighted by atomic mass is 79.9. The number of nitrogens with zero attached hydrogens (tertiary/aromatic N) is 2. The average molecular weight is 436 g/mol. The van der Waals surface area contributed by atoms with E-state index in [1.807, 2.05) is 6.92 Å². The first kappa shape index (κ1) is 19.3. The van der Waals surface area contributed by atoms with Crippen LogP contribution in [-0.4, -0.2) is 23.4 Å². The van der Waals surface area contributed by atoms with E-state index in [1.54, 1.807) is 13.0 Å². The Morgan fingerprint density at radius 2 is 2.22 bits per heavy atom. The summed E-state index contributed by atoms with van der Waals surface area (Å²) in [6.45, 7) is 4.00. The number of allylic oxidation sites excluding steroid dienone is 1. The fourth-order valence-electron chi connectivity index (χ4n) is 2.89. The molecule has 1 aliphatic rings. The lowest BCUT2D eigenvalue weighted by Crippen LogP contribution is -2.34. The summed E-state index contributed by atoms with van der Waals surface area (Å²) in [6.07, 6.45) is 4.39. The van der Waals surface area contributed by atoms with Crippen molar-refractivity contribution < 1.29 is 18.3 Å². The molecule has 0 radical (unpaired) electrons. The second kappa shape index (κ2) is 8.47. The predicted octanol–water partition coefficient (Wildman–Crippen LogP) is 4.28. The van der Waals surface area contributed by atoms with Crippen LogP contribution >= 0.6 is 15.9 Å². The van der Waals surface area contributed by atoms with Crippen LogP contribution in [0.4, 0.5) is 4.39 Å². The van der Waals surface area contributed by atoms with Gasteiger partial charge < -0.3 is 14.5 Å². The van der Waals surface area contributed by atoms with Crippen molar-refractivity contribution in [3.63, 3.8) is 0 Å². The minimum atomic E-state index is -0.677. The highest BCUT2D eigenvalue weighted by Crippen LogP contribution is 2.37. The summed E-state index contributed by atoms with van der Waals surface area (Å²) in [5.41, 5.74) is 1.75. The van der Waals surface area contributed by atoms with Crippen molar-refractivity contribution in [1.29, 1.82) is 0 Å². The molecule has 142 valence electrons. The predicted molar refractivity (Wildman–Crippen MR) is 102 cm³/mol. The molecule has 0 saturated carbocycles. The summed E-state index contributed by atoms with van der Waals surface area (Å²) in [5.74, 6) is -0.107. The van der Waals surface area contributed by atoms with Crippen LogP contribution in [0.2, 0.25) is 0 Å². The number of oxazole rings is 1. The van der Waals surface area contributed by atoms with Crippen LogP contribution in [0.3, 0.4) is 0 Å². The summed E-state index contributed by atoms with van der Waals surface area (Å²) in [6, 6.07) is 3.61. The standard InChI is InChI=1S/C19H19BrFN3O3/c1-3-5-14-15(19(25)26-4-2)16(12-7-6-11(21)10-13(12)20)24-17(23-14)18-22-8-9-27-18/h6-10,16H,3-5H2,1-2H3,(H,23,24). The number of benzene rings is 1. The Bertz CT molecular complexity index is 894. The van der Waals surface area contributed by atoms with Gasteiger partial charge in [-0.1, -0.05) is 35.3 Å². The van der Waals surface area contributed by atoms with E-state index >= 15 is 0 Å². The third-order valence-corrected chi connectivity index (χ3v) is 4.70. The van der Waals surface area contributed by atoms with E-state index in [1.165, 1.54) is 24.6 Å². The second-order valence-corrected chi connectivity index (χ2v) is 6.73. The Kier molecular flexibility index (Phi) is 6.05. The zero-order valence-electron chi connectivity index (χ0n) is 15.0. The minimum Gasteiger partial charge on any atom is -0.463 e. The molecule has 2 heterocycles. The fourth-order valence-corrected chi connectivity index (χ4v) is 3.46. The quantitative estimate of drug-likeness (QED) is 0.684. The van der Waals surface area contributed by atoms with Crippen molar-refractivity contribution in [1.82, 2.24) is 10.3 Å². The number of amidine groups is 1. The summed E-state index contributed by atoms with van der Waals surface area (Å²) in [5, 5.41) is 3.16. The molecule has 3 rings (SSSR count). The molecule has 6 nitrogen and oxygen atoms in total. The van der Waals surface area contributed by atoms with E-state index in [4.69, 9.17) is 9.15 Å². The van der Waals surface area contributed by atoms with Gasteiger partial charge in [-0.3, -0.25) is 4.99 Å². The monoisotopic (exact) mass is 435 g/mol. The number of hydrogen-bond acceptors (Lipinski definition) is 6. The lowest BCUT2D eigenvalue weighted by molar-refractivity contribution is -0.139. The van der Waals surface area contributed by atoms with Crippen LogP contribution in [0.5, 0.6) is 0 Å². The number of aromatic nitrogens is 1. The van der Waals surface area contributed by atoms with Gasteiger partial charge in [0.1, 0.15) is 18.1 Å². The molecule has 27 heavy (non-hydrogen) atoms. The molecule has 8 heteroatoms. The zero-order chi connectivity index (χ0) is 19.4. The Morgan fingerprint density at radius 3 is 2.85 bits per heavy atom. The van der Waals surface area contributed by atoms with E-state index in [2.05, 4.69) is 31.2 Å². The number of nitrogens with one attached hydrogen (secondary N) is 1. The molecule has 0 aliphatic carbocycles. The summed E-state index contributed by atoms with van der Waals surface area (Å²) in [4.78, 5) is 21.5. The van der Waals surface area contributed by atoms with Crippen molar-refractivity contribution >= 4 is 27.7 Å². The molecule has 1 N–H and O–H groups in total. The van der Waals surface area contributed by atoms with Crippen LogP contribution in [0, 0.1) is 5.82 Å². The van der Waals surface area contributed by atoms with Crippen LogP contribution in [0.1, 0.15) is 44.2 Å². The van der Waals surface area contributed by atoms with E-state index in [9.17, 15) is 9.18 Å². The number of hydrogen-bond donors (Lipinski definition) is 1. The Morgan fingerprint density at radius 1 is 1.41 bits per heavy atom. The molecule has 0 bridgehead atoms. The van der Waals surface area contributed by atoms with Crippen LogP contribution in [-0.2, 0) is 9.53 Å². The molecule has 1 aromatic carbocycles. The molecular weight excluding hydrogens is 417 g/mol. The zero-order valence-corrected chi connectivity index (χ0v) is 16.5. The lowest BCUT2D eigenvalue weighted by Gasteiger charge is -2.27. The number of rotatable bonds is 6. The summed E-state index contributed by atoms with van der Waals surface area (Å²) >= 11 is 3.38. The Balaban J connectivity index is 2.16. The van der Waals surface area contributed by atoms with Gasteiger partial charge in [0.05, 0.1) is 18.4 Å². The summed E-state index contributed by atoms with van der Waals surface area (Å²) in [7, 11) is 0. The Labute approximate surface area is 164 Å². The second-order valence-electron chi connectivity index (χ2n) is 5.87. The first-order chi connectivity index (χ1) is 13.0. The molecule has 1 aromatic heterocycles. The highest BCUT2D eigenvalue weighted by Gasteiger charge is 2.33. The first-order valence-electron chi connectivity index (χ1n) is 8.64. The van der Waals surface area contributed by atoms with Crippen molar-refractivity contribution in [2.24, 2.45) is 4.99 Å². The van der Waals surface area contributed by atoms with Crippen molar-refractivity contribution in [2.75, 3.05) is 6.61 Å². The molecule has 1 unspecified atom stereocenters. The number of esters is 1. The van der Waals surface area contributed by atoms with Gasteiger partial charge >= 0.3 is 5.97 Å². The fraction of sp³-hybridized carbons (Fsp3) is 0.316. The van der Waals surface area contributed by atoms with Gasteiger partial charge in [-0.15, -0.1) is 0 Å². The topological polar surface area (TPSA) is 76.7 Å². The van der Waals surface area contributed by atoms with Gasteiger partial charge in [-0.25, -0.2) is 14.2 Å². The minimum absolute atomic E-state index is 0.245. The van der Waals surface area contributed by atoms with Gasteiger partial charge in [0.15, 0.2) is 5.84 Å². The maximum Gasteiger partial charge on any atom is 0.338 e. The van der Waals surface area contributed by atoms with E-state index in [-0.39, 0.29) is 12.4 Å². The molecule has 0 saturated heterocycles. The maximum atomic E-state index is 13.6. The average Bonchev–Trinajstić information content (AvgIpc) is 3.16. The van der Waals surface area contributed by atoms with Gasteiger partial charge in [-0.2, -0.15) is 0 Å². The van der Waals surface area contributed by atoms with Crippen LogP contribution in [0.25, 0.3) is 0 Å². The van der Waals surface area contributed by atoms with Crippen molar-refractivity contribution in [3.8, 4) is 0 Å². The van der Waals surface area contributed by atoms with Crippen LogP contribution < -0.4 is 5.32 Å².